The summed E-state index contributed by atoms with van der Waals surface area (Å²) in [7, 11) is -1.31. The van der Waals surface area contributed by atoms with Crippen molar-refractivity contribution < 1.29 is 19.5 Å². The second kappa shape index (κ2) is 17.2. The van der Waals surface area contributed by atoms with Crippen molar-refractivity contribution in [1.82, 2.24) is 0 Å². The van der Waals surface area contributed by atoms with Gasteiger partial charge in [-0.3, -0.25) is 0 Å². The van der Waals surface area contributed by atoms with Crippen molar-refractivity contribution in [3.8, 4) is 17.2 Å². The van der Waals surface area contributed by atoms with Crippen LogP contribution in [0.4, 0.5) is 0 Å². The standard InChI is InChI=1S/C30H30O3S.2C2H6.H2O/c1-4-24-19-22(7-6-21(24)3)18-23-8-17-30(25(5-2)20-23)33-27-11-15-29(16-12-27)34(32)28-13-9-26(31)10-14-28;2*1-2;/h6-17,19-20,31H,4-5,18H2,1-3H3;2*1-2H3;1H2. The molecule has 0 saturated heterocycles. The van der Waals surface area contributed by atoms with Gasteiger partial charge in [0.25, 0.3) is 0 Å². The average Bonchev–Trinajstić information content (AvgIpc) is 2.97. The zero-order valence-corrected chi connectivity index (χ0v) is 25.2. The fourth-order valence-electron chi connectivity index (χ4n) is 4.03. The van der Waals surface area contributed by atoms with Crippen molar-refractivity contribution in [3.05, 3.63) is 113 Å². The molecular weight excluding hydrogens is 504 g/mol. The van der Waals surface area contributed by atoms with Crippen LogP contribution in [0, 0.1) is 6.92 Å². The fraction of sp³-hybridized carbons (Fsp3) is 0.294. The van der Waals surface area contributed by atoms with Gasteiger partial charge in [0.1, 0.15) is 17.2 Å². The number of aryl methyl sites for hydroxylation is 3. The highest BCUT2D eigenvalue weighted by molar-refractivity contribution is 7.85. The molecule has 1 atom stereocenters. The minimum absolute atomic E-state index is 0. The first kappa shape index (κ1) is 33.6. The lowest BCUT2D eigenvalue weighted by Crippen LogP contribution is -1.96. The van der Waals surface area contributed by atoms with Gasteiger partial charge in [-0.2, -0.15) is 0 Å². The van der Waals surface area contributed by atoms with Gasteiger partial charge in [0.15, 0.2) is 0 Å². The van der Waals surface area contributed by atoms with E-state index in [1.807, 2.05) is 58.0 Å². The van der Waals surface area contributed by atoms with E-state index in [0.29, 0.717) is 15.5 Å². The molecule has 0 amide bonds. The molecule has 39 heavy (non-hydrogen) atoms. The lowest BCUT2D eigenvalue weighted by atomic mass is 9.97. The fourth-order valence-corrected chi connectivity index (χ4v) is 5.07. The Kier molecular flexibility index (Phi) is 14.9. The molecule has 0 saturated carbocycles. The Hall–Kier alpha value is -3.41. The van der Waals surface area contributed by atoms with E-state index in [4.69, 9.17) is 4.74 Å². The molecule has 0 bridgehead atoms. The first-order valence-electron chi connectivity index (χ1n) is 13.7. The van der Waals surface area contributed by atoms with Gasteiger partial charge in [-0.25, -0.2) is 4.21 Å². The number of rotatable bonds is 8. The van der Waals surface area contributed by atoms with Crippen molar-refractivity contribution in [2.45, 2.75) is 77.5 Å². The molecule has 0 spiro atoms. The van der Waals surface area contributed by atoms with E-state index in [0.717, 1.165) is 30.6 Å². The van der Waals surface area contributed by atoms with Gasteiger partial charge in [0.05, 0.1) is 10.8 Å². The summed E-state index contributed by atoms with van der Waals surface area (Å²) < 4.78 is 18.9. The Morgan fingerprint density at radius 3 is 1.72 bits per heavy atom. The summed E-state index contributed by atoms with van der Waals surface area (Å²) in [4.78, 5) is 1.34. The smallest absolute Gasteiger partial charge is 0.130 e. The summed E-state index contributed by atoms with van der Waals surface area (Å²) in [5, 5.41) is 9.43. The molecule has 3 N–H and O–H groups in total. The number of phenols is 1. The number of hydrogen-bond donors (Lipinski definition) is 1. The van der Waals surface area contributed by atoms with Gasteiger partial charge in [-0.05, 0) is 109 Å². The summed E-state index contributed by atoms with van der Waals surface area (Å²) in [6.07, 6.45) is 2.83. The molecule has 0 aliphatic rings. The van der Waals surface area contributed by atoms with Crippen LogP contribution >= 0.6 is 0 Å². The van der Waals surface area contributed by atoms with E-state index in [1.165, 1.54) is 22.3 Å². The predicted molar refractivity (Wildman–Crippen MR) is 165 cm³/mol. The molecule has 4 rings (SSSR count). The van der Waals surface area contributed by atoms with E-state index >= 15 is 0 Å². The molecule has 0 aliphatic heterocycles. The quantitative estimate of drug-likeness (QED) is 0.239. The van der Waals surface area contributed by atoms with Crippen LogP contribution < -0.4 is 4.74 Å². The number of hydrogen-bond acceptors (Lipinski definition) is 3. The minimum atomic E-state index is -1.31. The first-order valence-corrected chi connectivity index (χ1v) is 14.8. The topological polar surface area (TPSA) is 78.0 Å². The maximum atomic E-state index is 12.8. The Bertz CT molecular complexity index is 1300. The van der Waals surface area contributed by atoms with Crippen LogP contribution in [0.1, 0.15) is 69.4 Å². The molecule has 210 valence electrons. The summed E-state index contributed by atoms with van der Waals surface area (Å²) in [6, 6.07) is 26.9. The third-order valence-electron chi connectivity index (χ3n) is 6.02. The Balaban J connectivity index is 0.00000145. The third-order valence-corrected chi connectivity index (χ3v) is 7.43. The molecule has 1 unspecified atom stereocenters. The molecule has 0 aliphatic carbocycles. The normalized spacial score (nSPS) is 10.6. The van der Waals surface area contributed by atoms with Crippen LogP contribution in [-0.4, -0.2) is 14.8 Å². The van der Waals surface area contributed by atoms with Gasteiger partial charge in [-0.15, -0.1) is 0 Å². The lowest BCUT2D eigenvalue weighted by Gasteiger charge is -2.13. The van der Waals surface area contributed by atoms with Gasteiger partial charge < -0.3 is 15.3 Å². The Labute approximate surface area is 237 Å². The van der Waals surface area contributed by atoms with Crippen LogP contribution in [0.5, 0.6) is 17.2 Å². The van der Waals surface area contributed by atoms with Crippen molar-refractivity contribution >= 4 is 10.8 Å². The summed E-state index contributed by atoms with van der Waals surface area (Å²) in [6.45, 7) is 14.5. The zero-order chi connectivity index (χ0) is 28.1. The molecule has 0 aromatic heterocycles. The maximum Gasteiger partial charge on any atom is 0.130 e. The number of phenolic OH excluding ortho intramolecular Hbond substituents is 1. The number of aromatic hydroxyl groups is 1. The largest absolute Gasteiger partial charge is 0.508 e. The SMILES string of the molecule is CC.CC.CCc1cc(Cc2ccc(Oc3ccc(S(=O)c4ccc(O)cc4)cc3)c(CC)c2)ccc1C.O. The van der Waals surface area contributed by atoms with E-state index in [2.05, 4.69) is 51.1 Å². The predicted octanol–water partition coefficient (Wildman–Crippen LogP) is 8.60. The van der Waals surface area contributed by atoms with Crippen molar-refractivity contribution in [2.24, 2.45) is 0 Å². The monoisotopic (exact) mass is 548 g/mol. The van der Waals surface area contributed by atoms with Crippen LogP contribution in [0.2, 0.25) is 0 Å². The summed E-state index contributed by atoms with van der Waals surface area (Å²) >= 11 is 0. The molecule has 4 nitrogen and oxygen atoms in total. The van der Waals surface area contributed by atoms with Gasteiger partial charge in [-0.1, -0.05) is 71.9 Å². The molecular formula is C34H44O4S. The first-order chi connectivity index (χ1) is 18.5. The molecule has 4 aromatic carbocycles. The zero-order valence-electron chi connectivity index (χ0n) is 24.4. The second-order valence-electron chi connectivity index (χ2n) is 8.42. The highest BCUT2D eigenvalue weighted by atomic mass is 32.2. The average molecular weight is 549 g/mol. The van der Waals surface area contributed by atoms with E-state index in [-0.39, 0.29) is 11.2 Å². The van der Waals surface area contributed by atoms with E-state index < -0.39 is 10.8 Å². The minimum Gasteiger partial charge on any atom is -0.508 e. The molecule has 4 aromatic rings. The highest BCUT2D eigenvalue weighted by Gasteiger charge is 2.10. The highest BCUT2D eigenvalue weighted by Crippen LogP contribution is 2.29. The second-order valence-corrected chi connectivity index (χ2v) is 9.90. The van der Waals surface area contributed by atoms with Crippen molar-refractivity contribution in [3.63, 3.8) is 0 Å². The van der Waals surface area contributed by atoms with E-state index in [1.54, 1.807) is 24.3 Å². The molecule has 5 heteroatoms. The van der Waals surface area contributed by atoms with Crippen molar-refractivity contribution in [2.75, 3.05) is 0 Å². The van der Waals surface area contributed by atoms with Crippen LogP contribution in [0.25, 0.3) is 0 Å². The number of ether oxygens (including phenoxy) is 1. The Morgan fingerprint density at radius 2 is 1.18 bits per heavy atom. The molecule has 0 heterocycles. The molecule has 0 radical (unpaired) electrons. The van der Waals surface area contributed by atoms with Crippen molar-refractivity contribution in [1.29, 1.82) is 0 Å². The Morgan fingerprint density at radius 1 is 0.692 bits per heavy atom. The van der Waals surface area contributed by atoms with E-state index in [9.17, 15) is 9.32 Å². The van der Waals surface area contributed by atoms with Crippen LogP contribution in [0.3, 0.4) is 0 Å². The summed E-state index contributed by atoms with van der Waals surface area (Å²) in [5.41, 5.74) is 6.52. The molecule has 0 fully saturated rings. The lowest BCUT2D eigenvalue weighted by molar-refractivity contribution is 0.475. The van der Waals surface area contributed by atoms with Crippen LogP contribution in [0.15, 0.2) is 94.7 Å². The maximum absolute atomic E-state index is 12.8. The third kappa shape index (κ3) is 9.38. The number of benzene rings is 4. The van der Waals surface area contributed by atoms with Gasteiger partial charge in [0.2, 0.25) is 0 Å². The van der Waals surface area contributed by atoms with Gasteiger partial charge in [0, 0.05) is 9.79 Å². The van der Waals surface area contributed by atoms with Crippen LogP contribution in [-0.2, 0) is 30.1 Å². The summed E-state index contributed by atoms with van der Waals surface area (Å²) in [5.74, 6) is 1.71. The van der Waals surface area contributed by atoms with Gasteiger partial charge >= 0.3 is 0 Å².